The summed E-state index contributed by atoms with van der Waals surface area (Å²) in [4.78, 5) is 12.5. The standard InChI is InChI=1S/C24H24N2O3S/c1-2-15-28-20-12-8-11-19(16-20)23(27)26-24(30)25-21-13-6-7-14-22(21)29-17-18-9-4-3-5-10-18/h3-14,16H,2,15,17H2,1H3,(H2,25,26,27,30). The Balaban J connectivity index is 1.60. The minimum atomic E-state index is -0.308. The van der Waals surface area contributed by atoms with Gasteiger partial charge < -0.3 is 14.8 Å². The van der Waals surface area contributed by atoms with E-state index in [4.69, 9.17) is 21.7 Å². The van der Waals surface area contributed by atoms with Crippen LogP contribution in [0.5, 0.6) is 11.5 Å². The Bertz CT molecular complexity index is 993. The van der Waals surface area contributed by atoms with Crippen LogP contribution in [0.2, 0.25) is 0 Å². The van der Waals surface area contributed by atoms with Gasteiger partial charge in [0.05, 0.1) is 12.3 Å². The second-order valence-corrected chi connectivity index (χ2v) is 6.96. The summed E-state index contributed by atoms with van der Waals surface area (Å²) in [7, 11) is 0. The van der Waals surface area contributed by atoms with E-state index in [1.54, 1.807) is 18.2 Å². The smallest absolute Gasteiger partial charge is 0.257 e. The molecule has 154 valence electrons. The molecular weight excluding hydrogens is 396 g/mol. The minimum Gasteiger partial charge on any atom is -0.494 e. The summed E-state index contributed by atoms with van der Waals surface area (Å²) in [5.41, 5.74) is 2.22. The molecule has 0 atom stereocenters. The van der Waals surface area contributed by atoms with Crippen molar-refractivity contribution in [2.75, 3.05) is 11.9 Å². The van der Waals surface area contributed by atoms with Gasteiger partial charge >= 0.3 is 0 Å². The number of amides is 1. The number of carbonyl (C=O) groups is 1. The average molecular weight is 421 g/mol. The van der Waals surface area contributed by atoms with Gasteiger partial charge in [0.2, 0.25) is 0 Å². The minimum absolute atomic E-state index is 0.190. The van der Waals surface area contributed by atoms with Crippen LogP contribution >= 0.6 is 12.2 Å². The summed E-state index contributed by atoms with van der Waals surface area (Å²) < 4.78 is 11.5. The van der Waals surface area contributed by atoms with Crippen LogP contribution in [-0.4, -0.2) is 17.6 Å². The van der Waals surface area contributed by atoms with Crippen molar-refractivity contribution in [3.8, 4) is 11.5 Å². The summed E-state index contributed by atoms with van der Waals surface area (Å²) in [5.74, 6) is 0.994. The molecule has 3 aromatic rings. The maximum absolute atomic E-state index is 12.5. The molecule has 30 heavy (non-hydrogen) atoms. The van der Waals surface area contributed by atoms with E-state index in [2.05, 4.69) is 10.6 Å². The largest absolute Gasteiger partial charge is 0.494 e. The van der Waals surface area contributed by atoms with Gasteiger partial charge in [-0.1, -0.05) is 55.5 Å². The molecule has 0 heterocycles. The molecule has 0 unspecified atom stereocenters. The predicted molar refractivity (Wildman–Crippen MR) is 123 cm³/mol. The Hall–Kier alpha value is -3.38. The molecule has 6 heteroatoms. The van der Waals surface area contributed by atoms with Crippen molar-refractivity contribution in [1.82, 2.24) is 5.32 Å². The number of benzene rings is 3. The lowest BCUT2D eigenvalue weighted by Crippen LogP contribution is -2.34. The highest BCUT2D eigenvalue weighted by Gasteiger charge is 2.11. The Morgan fingerprint density at radius 1 is 0.933 bits per heavy atom. The second kappa shape index (κ2) is 11.0. The fourth-order valence-electron chi connectivity index (χ4n) is 2.71. The molecule has 5 nitrogen and oxygen atoms in total. The summed E-state index contributed by atoms with van der Waals surface area (Å²) in [6.45, 7) is 3.07. The SMILES string of the molecule is CCCOc1cccc(C(=O)NC(=S)Nc2ccccc2OCc2ccccc2)c1. The topological polar surface area (TPSA) is 59.6 Å². The molecular formula is C24H24N2O3S. The number of hydrogen-bond donors (Lipinski definition) is 2. The highest BCUT2D eigenvalue weighted by molar-refractivity contribution is 7.80. The predicted octanol–water partition coefficient (Wildman–Crippen LogP) is 5.18. The number of anilines is 1. The van der Waals surface area contributed by atoms with Crippen LogP contribution in [0.4, 0.5) is 5.69 Å². The van der Waals surface area contributed by atoms with Crippen LogP contribution in [0.1, 0.15) is 29.3 Å². The molecule has 3 aromatic carbocycles. The number of carbonyl (C=O) groups excluding carboxylic acids is 1. The zero-order chi connectivity index (χ0) is 21.2. The van der Waals surface area contributed by atoms with E-state index in [-0.39, 0.29) is 11.0 Å². The molecule has 3 rings (SSSR count). The summed E-state index contributed by atoms with van der Waals surface area (Å²) in [6, 6.07) is 24.4. The van der Waals surface area contributed by atoms with E-state index < -0.39 is 0 Å². The van der Waals surface area contributed by atoms with Gasteiger partial charge in [-0.05, 0) is 54.5 Å². The first-order chi connectivity index (χ1) is 14.7. The number of rotatable bonds is 8. The van der Waals surface area contributed by atoms with Gasteiger partial charge in [0.25, 0.3) is 5.91 Å². The first-order valence-electron chi connectivity index (χ1n) is 9.76. The zero-order valence-corrected chi connectivity index (χ0v) is 17.6. The van der Waals surface area contributed by atoms with Gasteiger partial charge in [-0.3, -0.25) is 10.1 Å². The first kappa shape index (κ1) is 21.3. The van der Waals surface area contributed by atoms with Crippen molar-refractivity contribution in [3.05, 3.63) is 90.0 Å². The molecule has 0 fully saturated rings. The fourth-order valence-corrected chi connectivity index (χ4v) is 2.91. The van der Waals surface area contributed by atoms with Crippen LogP contribution in [-0.2, 0) is 6.61 Å². The Kier molecular flexibility index (Phi) is 7.80. The molecule has 0 bridgehead atoms. The third-order valence-electron chi connectivity index (χ3n) is 4.17. The first-order valence-corrected chi connectivity index (χ1v) is 10.2. The lowest BCUT2D eigenvalue weighted by molar-refractivity contribution is 0.0977. The van der Waals surface area contributed by atoms with Crippen LogP contribution in [0.25, 0.3) is 0 Å². The van der Waals surface area contributed by atoms with Crippen molar-refractivity contribution in [3.63, 3.8) is 0 Å². The van der Waals surface area contributed by atoms with Crippen LogP contribution < -0.4 is 20.1 Å². The lowest BCUT2D eigenvalue weighted by Gasteiger charge is -2.14. The van der Waals surface area contributed by atoms with Crippen molar-refractivity contribution < 1.29 is 14.3 Å². The normalized spacial score (nSPS) is 10.2. The molecule has 0 aliphatic heterocycles. The van der Waals surface area contributed by atoms with Crippen LogP contribution in [0.15, 0.2) is 78.9 Å². The number of hydrogen-bond acceptors (Lipinski definition) is 4. The molecule has 0 aromatic heterocycles. The quantitative estimate of drug-likeness (QED) is 0.492. The third kappa shape index (κ3) is 6.32. The molecule has 0 aliphatic carbocycles. The summed E-state index contributed by atoms with van der Waals surface area (Å²) in [6.07, 6.45) is 0.899. The van der Waals surface area contributed by atoms with Crippen LogP contribution in [0.3, 0.4) is 0 Å². The van der Waals surface area contributed by atoms with Gasteiger partial charge in [0.15, 0.2) is 5.11 Å². The molecule has 0 spiro atoms. The number of para-hydroxylation sites is 2. The highest BCUT2D eigenvalue weighted by atomic mass is 32.1. The van der Waals surface area contributed by atoms with Gasteiger partial charge in [-0.2, -0.15) is 0 Å². The van der Waals surface area contributed by atoms with Crippen molar-refractivity contribution >= 4 is 28.9 Å². The van der Waals surface area contributed by atoms with Gasteiger partial charge in [0.1, 0.15) is 18.1 Å². The zero-order valence-electron chi connectivity index (χ0n) is 16.8. The van der Waals surface area contributed by atoms with Crippen molar-refractivity contribution in [1.29, 1.82) is 0 Å². The number of ether oxygens (including phenoxy) is 2. The monoisotopic (exact) mass is 420 g/mol. The Morgan fingerprint density at radius 3 is 2.50 bits per heavy atom. The van der Waals surface area contributed by atoms with Gasteiger partial charge in [0, 0.05) is 5.56 Å². The lowest BCUT2D eigenvalue weighted by atomic mass is 10.2. The Labute approximate surface area is 182 Å². The number of nitrogens with one attached hydrogen (secondary N) is 2. The van der Waals surface area contributed by atoms with E-state index in [9.17, 15) is 4.79 Å². The fraction of sp³-hybridized carbons (Fsp3) is 0.167. The van der Waals surface area contributed by atoms with Crippen molar-refractivity contribution in [2.45, 2.75) is 20.0 Å². The van der Waals surface area contributed by atoms with E-state index in [0.717, 1.165) is 12.0 Å². The van der Waals surface area contributed by atoms with Crippen molar-refractivity contribution in [2.24, 2.45) is 0 Å². The second-order valence-electron chi connectivity index (χ2n) is 6.55. The third-order valence-corrected chi connectivity index (χ3v) is 4.37. The maximum Gasteiger partial charge on any atom is 0.257 e. The average Bonchev–Trinajstić information content (AvgIpc) is 2.78. The van der Waals surface area contributed by atoms with Crippen LogP contribution in [0, 0.1) is 0 Å². The molecule has 0 radical (unpaired) electrons. The van der Waals surface area contributed by atoms with E-state index in [0.29, 0.717) is 36.0 Å². The summed E-state index contributed by atoms with van der Waals surface area (Å²) in [5, 5.41) is 5.93. The van der Waals surface area contributed by atoms with E-state index in [1.165, 1.54) is 0 Å². The van der Waals surface area contributed by atoms with E-state index in [1.807, 2.05) is 67.6 Å². The van der Waals surface area contributed by atoms with E-state index >= 15 is 0 Å². The van der Waals surface area contributed by atoms with Gasteiger partial charge in [-0.15, -0.1) is 0 Å². The summed E-state index contributed by atoms with van der Waals surface area (Å²) >= 11 is 5.32. The molecule has 0 aliphatic rings. The molecule has 0 saturated carbocycles. The highest BCUT2D eigenvalue weighted by Crippen LogP contribution is 2.24. The maximum atomic E-state index is 12.5. The van der Waals surface area contributed by atoms with Gasteiger partial charge in [-0.25, -0.2) is 0 Å². The molecule has 2 N–H and O–H groups in total. The molecule has 1 amide bonds. The Morgan fingerprint density at radius 2 is 1.70 bits per heavy atom. The molecule has 0 saturated heterocycles. The number of thiocarbonyl (C=S) groups is 1.